The molecule has 2 nitrogen and oxygen atoms in total. The van der Waals surface area contributed by atoms with Gasteiger partial charge in [0.05, 0.1) is 13.1 Å². The van der Waals surface area contributed by atoms with Crippen molar-refractivity contribution >= 4 is 17.7 Å². The summed E-state index contributed by atoms with van der Waals surface area (Å²) in [4.78, 5) is 2.49. The first kappa shape index (κ1) is 18.7. The van der Waals surface area contributed by atoms with Gasteiger partial charge < -0.3 is 0 Å². The van der Waals surface area contributed by atoms with Crippen molar-refractivity contribution in [2.75, 3.05) is 18.0 Å². The highest BCUT2D eigenvalue weighted by Gasteiger charge is 2.22. The van der Waals surface area contributed by atoms with Gasteiger partial charge in [-0.05, 0) is 83.1 Å². The highest BCUT2D eigenvalue weighted by molar-refractivity contribution is 5.80. The number of rotatable bonds is 2. The molecule has 0 N–H and O–H groups in total. The van der Waals surface area contributed by atoms with E-state index in [0.29, 0.717) is 0 Å². The Bertz CT molecular complexity index is 799. The van der Waals surface area contributed by atoms with Crippen molar-refractivity contribution in [1.82, 2.24) is 0 Å². The standard InChI is InChI=1S/C24H33N2/c1-17-12-19(3)23(20(4)13-17)25-10-8-7-9-11-26(16-25)24-21(5)14-18(2)15-22(24)6/h12-16H,7-11H2,1-6H3/q+1. The van der Waals surface area contributed by atoms with Gasteiger partial charge in [0.2, 0.25) is 6.34 Å². The number of hydrogen-bond acceptors (Lipinski definition) is 1. The van der Waals surface area contributed by atoms with E-state index in [-0.39, 0.29) is 0 Å². The topological polar surface area (TPSA) is 6.25 Å². The molecule has 1 aliphatic rings. The van der Waals surface area contributed by atoms with Gasteiger partial charge >= 0.3 is 0 Å². The van der Waals surface area contributed by atoms with Crippen LogP contribution >= 0.6 is 0 Å². The Hall–Kier alpha value is -2.09. The molecule has 1 aliphatic heterocycles. The summed E-state index contributed by atoms with van der Waals surface area (Å²) in [5.74, 6) is 0. The van der Waals surface area contributed by atoms with Crippen LogP contribution in [0, 0.1) is 41.5 Å². The zero-order valence-corrected chi connectivity index (χ0v) is 17.3. The molecule has 26 heavy (non-hydrogen) atoms. The van der Waals surface area contributed by atoms with Gasteiger partial charge in [0, 0.05) is 0 Å². The van der Waals surface area contributed by atoms with Crippen LogP contribution in [-0.4, -0.2) is 24.0 Å². The van der Waals surface area contributed by atoms with E-state index in [0.717, 1.165) is 13.1 Å². The summed E-state index contributed by atoms with van der Waals surface area (Å²) in [5.41, 5.74) is 10.9. The lowest BCUT2D eigenvalue weighted by Crippen LogP contribution is -2.31. The Balaban J connectivity index is 2.12. The van der Waals surface area contributed by atoms with Gasteiger partial charge in [0.1, 0.15) is 11.4 Å². The first-order valence-corrected chi connectivity index (χ1v) is 9.91. The van der Waals surface area contributed by atoms with E-state index in [2.05, 4.69) is 81.6 Å². The molecule has 3 rings (SSSR count). The Morgan fingerprint density at radius 1 is 0.692 bits per heavy atom. The van der Waals surface area contributed by atoms with Crippen LogP contribution in [0.1, 0.15) is 52.6 Å². The second kappa shape index (κ2) is 7.65. The summed E-state index contributed by atoms with van der Waals surface area (Å²) in [7, 11) is 0. The van der Waals surface area contributed by atoms with Gasteiger partial charge in [-0.2, -0.15) is 0 Å². The summed E-state index contributed by atoms with van der Waals surface area (Å²) >= 11 is 0. The fourth-order valence-electron chi connectivity index (χ4n) is 4.61. The molecule has 0 aliphatic carbocycles. The van der Waals surface area contributed by atoms with Crippen LogP contribution in [0.2, 0.25) is 0 Å². The molecule has 0 bridgehead atoms. The first-order valence-electron chi connectivity index (χ1n) is 9.91. The van der Waals surface area contributed by atoms with Crippen molar-refractivity contribution in [2.45, 2.75) is 60.8 Å². The lowest BCUT2D eigenvalue weighted by Gasteiger charge is -2.23. The maximum absolute atomic E-state index is 2.49. The predicted octanol–water partition coefficient (Wildman–Crippen LogP) is 5.90. The summed E-state index contributed by atoms with van der Waals surface area (Å²) in [5, 5.41) is 0. The fourth-order valence-corrected chi connectivity index (χ4v) is 4.61. The average molecular weight is 350 g/mol. The molecule has 0 spiro atoms. The highest BCUT2D eigenvalue weighted by atomic mass is 15.2. The molecule has 2 aromatic carbocycles. The molecule has 0 radical (unpaired) electrons. The van der Waals surface area contributed by atoms with E-state index < -0.39 is 0 Å². The molecule has 0 unspecified atom stereocenters. The van der Waals surface area contributed by atoms with Crippen LogP contribution in [0.3, 0.4) is 0 Å². The van der Waals surface area contributed by atoms with Gasteiger partial charge in [-0.3, -0.25) is 0 Å². The Morgan fingerprint density at radius 3 is 1.81 bits per heavy atom. The molecule has 0 fully saturated rings. The first-order chi connectivity index (χ1) is 12.4. The molecule has 0 saturated carbocycles. The average Bonchev–Trinajstić information content (AvgIpc) is 2.48. The van der Waals surface area contributed by atoms with Crippen LogP contribution in [0.15, 0.2) is 24.3 Å². The van der Waals surface area contributed by atoms with E-state index in [9.17, 15) is 0 Å². The summed E-state index contributed by atoms with van der Waals surface area (Å²) in [6.07, 6.45) is 6.16. The van der Waals surface area contributed by atoms with Gasteiger partial charge in [0.15, 0.2) is 0 Å². The minimum Gasteiger partial charge on any atom is -0.233 e. The largest absolute Gasteiger partial charge is 0.244 e. The number of aryl methyl sites for hydroxylation is 6. The fraction of sp³-hybridized carbons (Fsp3) is 0.458. The molecule has 138 valence electrons. The van der Waals surface area contributed by atoms with Crippen LogP contribution in [0.5, 0.6) is 0 Å². The second-order valence-electron chi connectivity index (χ2n) is 8.06. The van der Waals surface area contributed by atoms with Crippen LogP contribution in [0.4, 0.5) is 11.4 Å². The Kier molecular flexibility index (Phi) is 5.50. The second-order valence-corrected chi connectivity index (χ2v) is 8.06. The molecule has 0 atom stereocenters. The third-order valence-electron chi connectivity index (χ3n) is 5.42. The minimum atomic E-state index is 1.09. The van der Waals surface area contributed by atoms with Crippen molar-refractivity contribution in [3.05, 3.63) is 57.6 Å². The zero-order chi connectivity index (χ0) is 18.8. The van der Waals surface area contributed by atoms with Gasteiger partial charge in [-0.25, -0.2) is 9.48 Å². The predicted molar refractivity (Wildman–Crippen MR) is 113 cm³/mol. The van der Waals surface area contributed by atoms with Crippen molar-refractivity contribution in [2.24, 2.45) is 0 Å². The Morgan fingerprint density at radius 2 is 1.23 bits per heavy atom. The zero-order valence-electron chi connectivity index (χ0n) is 17.3. The minimum absolute atomic E-state index is 1.09. The number of benzene rings is 2. The molecule has 2 aromatic rings. The van der Waals surface area contributed by atoms with E-state index in [1.807, 2.05) is 0 Å². The molecular formula is C24H33N2+. The molecule has 1 heterocycles. The van der Waals surface area contributed by atoms with Crippen LogP contribution in [-0.2, 0) is 0 Å². The van der Waals surface area contributed by atoms with Crippen LogP contribution < -0.4 is 4.90 Å². The number of hydrogen-bond donors (Lipinski definition) is 0. The molecule has 0 amide bonds. The van der Waals surface area contributed by atoms with E-state index in [1.54, 1.807) is 0 Å². The third-order valence-corrected chi connectivity index (χ3v) is 5.42. The van der Waals surface area contributed by atoms with Crippen molar-refractivity contribution in [1.29, 1.82) is 0 Å². The maximum Gasteiger partial charge on any atom is 0.244 e. The lowest BCUT2D eigenvalue weighted by molar-refractivity contribution is -0.439. The third kappa shape index (κ3) is 3.85. The smallest absolute Gasteiger partial charge is 0.233 e. The summed E-state index contributed by atoms with van der Waals surface area (Å²) in [6, 6.07) is 9.23. The SMILES string of the molecule is Cc1cc(C)c(N2C=[N+](c3c(C)cc(C)cc3C)CCCCC2)c(C)c1. The van der Waals surface area contributed by atoms with E-state index >= 15 is 0 Å². The van der Waals surface area contributed by atoms with Crippen LogP contribution in [0.25, 0.3) is 0 Å². The number of anilines is 1. The number of nitrogens with zero attached hydrogens (tertiary/aromatic N) is 2. The lowest BCUT2D eigenvalue weighted by atomic mass is 10.0. The van der Waals surface area contributed by atoms with Crippen molar-refractivity contribution < 1.29 is 4.58 Å². The van der Waals surface area contributed by atoms with E-state index in [4.69, 9.17) is 0 Å². The molecule has 0 saturated heterocycles. The monoisotopic (exact) mass is 349 g/mol. The van der Waals surface area contributed by atoms with Crippen molar-refractivity contribution in [3.63, 3.8) is 0 Å². The van der Waals surface area contributed by atoms with Gasteiger partial charge in [-0.1, -0.05) is 35.4 Å². The summed E-state index contributed by atoms with van der Waals surface area (Å²) in [6.45, 7) is 15.5. The van der Waals surface area contributed by atoms with E-state index in [1.165, 1.54) is 64.0 Å². The summed E-state index contributed by atoms with van der Waals surface area (Å²) < 4.78 is 2.49. The van der Waals surface area contributed by atoms with Crippen molar-refractivity contribution in [3.8, 4) is 0 Å². The van der Waals surface area contributed by atoms with Gasteiger partial charge in [-0.15, -0.1) is 0 Å². The normalized spacial score (nSPS) is 15.5. The molecular weight excluding hydrogens is 316 g/mol. The molecule has 2 heteroatoms. The molecule has 0 aromatic heterocycles. The maximum atomic E-state index is 2.49. The Labute approximate surface area is 159 Å². The van der Waals surface area contributed by atoms with Gasteiger partial charge in [0.25, 0.3) is 0 Å². The highest BCUT2D eigenvalue weighted by Crippen LogP contribution is 2.29. The quantitative estimate of drug-likeness (QED) is 0.612.